The van der Waals surface area contributed by atoms with Crippen molar-refractivity contribution in [2.45, 2.75) is 25.7 Å². The highest BCUT2D eigenvalue weighted by Crippen LogP contribution is 1.94. The third kappa shape index (κ3) is 84.7. The van der Waals surface area contributed by atoms with E-state index < -0.39 is 10.4 Å². The normalized spacial score (nSPS) is 9.07. The summed E-state index contributed by atoms with van der Waals surface area (Å²) < 4.78 is 34.1. The van der Waals surface area contributed by atoms with Gasteiger partial charge in [0.2, 0.25) is 0 Å². The van der Waals surface area contributed by atoms with E-state index in [1.807, 2.05) is 0 Å². The molecule has 0 unspecified atom stereocenters. The fourth-order valence-electron chi connectivity index (χ4n) is 0.707. The SMILES string of the molecule is O.O.O=S(=O)([O-])[O-].[NH3+]CCCCCC[NH3+]. The van der Waals surface area contributed by atoms with E-state index in [1.165, 1.54) is 25.7 Å². The first-order chi connectivity index (χ1) is 5.91. The smallest absolute Gasteiger partial charge is 0.0739 e. The van der Waals surface area contributed by atoms with Gasteiger partial charge >= 0.3 is 0 Å². The molecule has 9 heteroatoms. The summed E-state index contributed by atoms with van der Waals surface area (Å²) in [6.45, 7) is 2.19. The topological polar surface area (TPSA) is 199 Å². The quantitative estimate of drug-likeness (QED) is 0.285. The predicted octanol–water partition coefficient (Wildman–Crippen LogP) is -3.96. The third-order valence-corrected chi connectivity index (χ3v) is 1.25. The Morgan fingerprint density at radius 2 is 1.00 bits per heavy atom. The maximum atomic E-state index is 8.52. The molecule has 0 spiro atoms. The van der Waals surface area contributed by atoms with Gasteiger partial charge in [0.15, 0.2) is 0 Å². The van der Waals surface area contributed by atoms with E-state index in [2.05, 4.69) is 11.5 Å². The number of hydrogen-bond acceptors (Lipinski definition) is 4. The monoisotopic (exact) mass is 250 g/mol. The number of rotatable bonds is 5. The van der Waals surface area contributed by atoms with Gasteiger partial charge in [0.25, 0.3) is 0 Å². The van der Waals surface area contributed by atoms with Gasteiger partial charge in [-0.2, -0.15) is 0 Å². The Balaban J connectivity index is -0.0000000770. The summed E-state index contributed by atoms with van der Waals surface area (Å²) in [5.41, 5.74) is 7.54. The van der Waals surface area contributed by atoms with Gasteiger partial charge in [0.05, 0.1) is 13.1 Å². The van der Waals surface area contributed by atoms with Crippen LogP contribution in [0.1, 0.15) is 25.7 Å². The lowest BCUT2D eigenvalue weighted by atomic mass is 10.2. The van der Waals surface area contributed by atoms with Crippen LogP contribution in [-0.4, -0.2) is 41.6 Å². The highest BCUT2D eigenvalue weighted by molar-refractivity contribution is 7.79. The lowest BCUT2D eigenvalue weighted by molar-refractivity contribution is -0.371. The minimum absolute atomic E-state index is 0. The van der Waals surface area contributed by atoms with Crippen molar-refractivity contribution in [3.05, 3.63) is 0 Å². The Labute approximate surface area is 89.8 Å². The van der Waals surface area contributed by atoms with Gasteiger partial charge in [0, 0.05) is 10.4 Å². The van der Waals surface area contributed by atoms with Crippen molar-refractivity contribution in [3.63, 3.8) is 0 Å². The van der Waals surface area contributed by atoms with Gasteiger partial charge in [0.1, 0.15) is 0 Å². The average Bonchev–Trinajstić information content (AvgIpc) is 1.95. The summed E-state index contributed by atoms with van der Waals surface area (Å²) in [5.74, 6) is 0. The van der Waals surface area contributed by atoms with E-state index in [9.17, 15) is 0 Å². The van der Waals surface area contributed by atoms with E-state index in [0.717, 1.165) is 13.1 Å². The molecule has 0 rings (SSSR count). The lowest BCUT2D eigenvalue weighted by Gasteiger charge is -2.06. The molecular weight excluding hydrogens is 228 g/mol. The number of unbranched alkanes of at least 4 members (excludes halogenated alkanes) is 3. The first-order valence-corrected chi connectivity index (χ1v) is 5.50. The molecule has 0 fully saturated rings. The highest BCUT2D eigenvalue weighted by atomic mass is 32.3. The van der Waals surface area contributed by atoms with Crippen LogP contribution in [0.2, 0.25) is 0 Å². The van der Waals surface area contributed by atoms with Crippen LogP contribution in [0.5, 0.6) is 0 Å². The van der Waals surface area contributed by atoms with Crippen LogP contribution in [-0.2, 0) is 10.4 Å². The Kier molecular flexibility index (Phi) is 26.0. The first-order valence-electron chi connectivity index (χ1n) is 4.17. The third-order valence-electron chi connectivity index (χ3n) is 1.25. The van der Waals surface area contributed by atoms with E-state index in [0.29, 0.717) is 0 Å². The summed E-state index contributed by atoms with van der Waals surface area (Å²) in [5, 5.41) is 0. The molecule has 0 saturated heterocycles. The number of hydrogen-bond donors (Lipinski definition) is 2. The second kappa shape index (κ2) is 16.2. The van der Waals surface area contributed by atoms with Crippen molar-refractivity contribution >= 4 is 10.4 Å². The fraction of sp³-hybridized carbons (Fsp3) is 1.00. The molecule has 0 aromatic heterocycles. The van der Waals surface area contributed by atoms with Crippen LogP contribution in [0, 0.1) is 0 Å². The van der Waals surface area contributed by atoms with Crippen LogP contribution < -0.4 is 11.5 Å². The van der Waals surface area contributed by atoms with E-state index >= 15 is 0 Å². The zero-order valence-corrected chi connectivity index (χ0v) is 9.51. The molecule has 15 heavy (non-hydrogen) atoms. The molecule has 0 atom stereocenters. The lowest BCUT2D eigenvalue weighted by Crippen LogP contribution is -2.50. The molecule has 10 N–H and O–H groups in total. The molecule has 0 aliphatic rings. The zero-order valence-electron chi connectivity index (χ0n) is 8.70. The number of quaternary nitrogens is 2. The maximum absolute atomic E-state index is 8.52. The summed E-state index contributed by atoms with van der Waals surface area (Å²) >= 11 is 0. The van der Waals surface area contributed by atoms with Crippen LogP contribution in [0.25, 0.3) is 0 Å². The molecule has 0 bridgehead atoms. The molecule has 98 valence electrons. The standard InChI is InChI=1S/C6H16N2.H2O4S.2H2O/c7-5-3-1-2-4-6-8;1-5(2,3)4;;/h1-8H2;(H2,1,2,3,4);2*1H2. The van der Waals surface area contributed by atoms with E-state index in [1.54, 1.807) is 0 Å². The van der Waals surface area contributed by atoms with Gasteiger partial charge in [-0.1, -0.05) is 0 Å². The minimum Gasteiger partial charge on any atom is -0.759 e. The van der Waals surface area contributed by atoms with Crippen molar-refractivity contribution < 1.29 is 39.9 Å². The summed E-state index contributed by atoms with van der Waals surface area (Å²) in [6, 6.07) is 0. The summed E-state index contributed by atoms with van der Waals surface area (Å²) in [6.07, 6.45) is 5.28. The highest BCUT2D eigenvalue weighted by Gasteiger charge is 1.86. The fourth-order valence-corrected chi connectivity index (χ4v) is 0.707. The predicted molar refractivity (Wildman–Crippen MR) is 51.7 cm³/mol. The van der Waals surface area contributed by atoms with Crippen molar-refractivity contribution in [3.8, 4) is 0 Å². The summed E-state index contributed by atoms with van der Waals surface area (Å²) in [4.78, 5) is 0. The van der Waals surface area contributed by atoms with Crippen LogP contribution in [0.3, 0.4) is 0 Å². The molecule has 0 amide bonds. The van der Waals surface area contributed by atoms with Gasteiger partial charge in [-0.15, -0.1) is 0 Å². The Morgan fingerprint density at radius 3 is 1.13 bits per heavy atom. The molecular formula is C6H22N2O6S. The molecule has 0 aliphatic heterocycles. The average molecular weight is 250 g/mol. The van der Waals surface area contributed by atoms with E-state index in [-0.39, 0.29) is 11.0 Å². The molecule has 0 aromatic carbocycles. The van der Waals surface area contributed by atoms with Gasteiger partial charge in [-0.05, 0) is 25.7 Å². The Bertz CT molecular complexity index is 170. The Hall–Kier alpha value is -0.290. The van der Waals surface area contributed by atoms with Crippen LogP contribution in [0.4, 0.5) is 0 Å². The van der Waals surface area contributed by atoms with Crippen molar-refractivity contribution in [2.75, 3.05) is 13.1 Å². The molecule has 0 aromatic rings. The second-order valence-corrected chi connectivity index (χ2v) is 3.35. The summed E-state index contributed by atoms with van der Waals surface area (Å²) in [7, 11) is -5.17. The second-order valence-electron chi connectivity index (χ2n) is 2.53. The van der Waals surface area contributed by atoms with Crippen molar-refractivity contribution in [2.24, 2.45) is 0 Å². The van der Waals surface area contributed by atoms with Crippen LogP contribution in [0.15, 0.2) is 0 Å². The molecule has 0 radical (unpaired) electrons. The van der Waals surface area contributed by atoms with E-state index in [4.69, 9.17) is 17.5 Å². The van der Waals surface area contributed by atoms with Gasteiger partial charge in [-0.3, -0.25) is 8.42 Å². The molecule has 8 nitrogen and oxygen atoms in total. The first kappa shape index (κ1) is 24.1. The van der Waals surface area contributed by atoms with Crippen molar-refractivity contribution in [1.82, 2.24) is 0 Å². The molecule has 0 saturated carbocycles. The maximum Gasteiger partial charge on any atom is 0.0739 e. The van der Waals surface area contributed by atoms with Gasteiger partial charge in [-0.25, -0.2) is 0 Å². The van der Waals surface area contributed by atoms with Crippen molar-refractivity contribution in [1.29, 1.82) is 0 Å². The zero-order chi connectivity index (χ0) is 10.7. The Morgan fingerprint density at radius 1 is 0.800 bits per heavy atom. The van der Waals surface area contributed by atoms with Gasteiger partial charge < -0.3 is 31.5 Å². The largest absolute Gasteiger partial charge is 0.759 e. The molecule has 0 heterocycles. The van der Waals surface area contributed by atoms with Crippen LogP contribution >= 0.6 is 0 Å². The molecule has 0 aliphatic carbocycles. The minimum atomic E-state index is -5.17.